The summed E-state index contributed by atoms with van der Waals surface area (Å²) in [6.07, 6.45) is 4.47. The van der Waals surface area contributed by atoms with Crippen LogP contribution in [0.4, 0.5) is 0 Å². The van der Waals surface area contributed by atoms with Crippen molar-refractivity contribution < 1.29 is 0 Å². The lowest BCUT2D eigenvalue weighted by atomic mass is 10.0. The molecular weight excluding hydrogens is 420 g/mol. The number of rotatable bonds is 8. The van der Waals surface area contributed by atoms with Gasteiger partial charge in [-0.1, -0.05) is 103 Å². The summed E-state index contributed by atoms with van der Waals surface area (Å²) in [6.45, 7) is 5.60. The molecule has 1 aliphatic heterocycles. The van der Waals surface area contributed by atoms with E-state index in [9.17, 15) is 0 Å². The first kappa shape index (κ1) is 22.2. The molecule has 0 amide bonds. The molecule has 0 saturated carbocycles. The third-order valence-electron chi connectivity index (χ3n) is 6.34. The Kier molecular flexibility index (Phi) is 7.19. The van der Waals surface area contributed by atoms with E-state index in [1.165, 1.54) is 16.7 Å². The fraction of sp³-hybridized carbons (Fsp3) is 0.250. The Morgan fingerprint density at radius 3 is 2.12 bits per heavy atom. The lowest BCUT2D eigenvalue weighted by Gasteiger charge is -2.38. The first-order valence-electron chi connectivity index (χ1n) is 11.9. The maximum atomic E-state index is 4.50. The van der Waals surface area contributed by atoms with E-state index in [4.69, 9.17) is 0 Å². The molecule has 1 atom stereocenters. The molecular formula is C28H30N6. The number of piperazine rings is 1. The van der Waals surface area contributed by atoms with Crippen LogP contribution in [-0.4, -0.2) is 62.7 Å². The number of hydrogen-bond acceptors (Lipinski definition) is 5. The van der Waals surface area contributed by atoms with Crippen molar-refractivity contribution in [1.82, 2.24) is 30.0 Å². The lowest BCUT2D eigenvalue weighted by molar-refractivity contribution is 0.113. The highest BCUT2D eigenvalue weighted by atomic mass is 15.6. The van der Waals surface area contributed by atoms with Gasteiger partial charge in [0.25, 0.3) is 0 Å². The van der Waals surface area contributed by atoms with E-state index in [0.29, 0.717) is 6.54 Å². The predicted octanol–water partition coefficient (Wildman–Crippen LogP) is 4.14. The van der Waals surface area contributed by atoms with Crippen molar-refractivity contribution in [2.24, 2.45) is 0 Å². The molecule has 5 rings (SSSR count). The molecule has 1 fully saturated rings. The second-order valence-electron chi connectivity index (χ2n) is 8.64. The van der Waals surface area contributed by atoms with Crippen molar-refractivity contribution >= 4 is 6.08 Å². The minimum atomic E-state index is 0.0296. The number of benzene rings is 3. The molecule has 1 aliphatic rings. The van der Waals surface area contributed by atoms with E-state index in [1.807, 2.05) is 10.7 Å². The van der Waals surface area contributed by atoms with Crippen molar-refractivity contribution in [1.29, 1.82) is 0 Å². The fourth-order valence-electron chi connectivity index (χ4n) is 4.54. The van der Waals surface area contributed by atoms with E-state index < -0.39 is 0 Å². The molecule has 6 heteroatoms. The Bertz CT molecular complexity index is 1170. The number of aromatic nitrogens is 4. The molecule has 2 heterocycles. The summed E-state index contributed by atoms with van der Waals surface area (Å²) in [4.78, 5) is 5.02. The van der Waals surface area contributed by atoms with Crippen LogP contribution in [0.15, 0.2) is 97.1 Å². The zero-order valence-electron chi connectivity index (χ0n) is 19.3. The molecule has 4 aromatic rings. The summed E-state index contributed by atoms with van der Waals surface area (Å²) < 4.78 is 1.95. The molecule has 6 nitrogen and oxygen atoms in total. The van der Waals surface area contributed by atoms with Crippen molar-refractivity contribution in [3.63, 3.8) is 0 Å². The average molecular weight is 451 g/mol. The standard InChI is InChI=1S/C28H30N6/c1-4-11-24(12-5-1)15-10-18-32-19-21-33(22-20-32)27(26-16-8-3-9-17-26)28-29-30-31-34(28)23-25-13-6-2-7-14-25/h1-17,27H,18-23H2/t27-/m1/s1. The molecule has 1 aromatic heterocycles. The number of nitrogens with zero attached hydrogens (tertiary/aromatic N) is 6. The highest BCUT2D eigenvalue weighted by Crippen LogP contribution is 2.28. The van der Waals surface area contributed by atoms with Crippen LogP contribution in [0.3, 0.4) is 0 Å². The summed E-state index contributed by atoms with van der Waals surface area (Å²) in [7, 11) is 0. The second-order valence-corrected chi connectivity index (χ2v) is 8.64. The molecule has 172 valence electrons. The van der Waals surface area contributed by atoms with Gasteiger partial charge in [0.2, 0.25) is 0 Å². The lowest BCUT2D eigenvalue weighted by Crippen LogP contribution is -2.48. The monoisotopic (exact) mass is 450 g/mol. The van der Waals surface area contributed by atoms with Gasteiger partial charge in [0.15, 0.2) is 5.82 Å². The summed E-state index contributed by atoms with van der Waals surface area (Å²) in [5.74, 6) is 0.896. The van der Waals surface area contributed by atoms with Gasteiger partial charge in [0.1, 0.15) is 0 Å². The quantitative estimate of drug-likeness (QED) is 0.404. The Morgan fingerprint density at radius 2 is 1.41 bits per heavy atom. The summed E-state index contributed by atoms with van der Waals surface area (Å²) >= 11 is 0. The Hall–Kier alpha value is -3.61. The highest BCUT2D eigenvalue weighted by molar-refractivity contribution is 5.48. The van der Waals surface area contributed by atoms with Gasteiger partial charge in [-0.25, -0.2) is 4.68 Å². The van der Waals surface area contributed by atoms with Gasteiger partial charge in [-0.3, -0.25) is 9.80 Å². The third kappa shape index (κ3) is 5.47. The second kappa shape index (κ2) is 11.0. The maximum absolute atomic E-state index is 4.50. The van der Waals surface area contributed by atoms with E-state index in [1.54, 1.807) is 0 Å². The zero-order chi connectivity index (χ0) is 23.0. The Balaban J connectivity index is 1.30. The number of hydrogen-bond donors (Lipinski definition) is 0. The van der Waals surface area contributed by atoms with E-state index in [2.05, 4.69) is 122 Å². The summed E-state index contributed by atoms with van der Waals surface area (Å²) in [5, 5.41) is 12.9. The summed E-state index contributed by atoms with van der Waals surface area (Å²) in [6, 6.07) is 31.5. The molecule has 0 unspecified atom stereocenters. The van der Waals surface area contributed by atoms with Crippen LogP contribution >= 0.6 is 0 Å². The van der Waals surface area contributed by atoms with Gasteiger partial charge in [-0.15, -0.1) is 5.10 Å². The topological polar surface area (TPSA) is 50.1 Å². The van der Waals surface area contributed by atoms with Crippen LogP contribution in [0.2, 0.25) is 0 Å². The van der Waals surface area contributed by atoms with Crippen LogP contribution < -0.4 is 0 Å². The van der Waals surface area contributed by atoms with Gasteiger partial charge in [-0.2, -0.15) is 0 Å². The van der Waals surface area contributed by atoms with E-state index in [0.717, 1.165) is 38.5 Å². The van der Waals surface area contributed by atoms with Crippen molar-refractivity contribution in [3.8, 4) is 0 Å². The fourth-order valence-corrected chi connectivity index (χ4v) is 4.54. The predicted molar refractivity (Wildman–Crippen MR) is 135 cm³/mol. The maximum Gasteiger partial charge on any atom is 0.173 e. The van der Waals surface area contributed by atoms with Crippen molar-refractivity contribution in [2.75, 3.05) is 32.7 Å². The highest BCUT2D eigenvalue weighted by Gasteiger charge is 2.30. The van der Waals surface area contributed by atoms with E-state index in [-0.39, 0.29) is 6.04 Å². The molecule has 0 radical (unpaired) electrons. The normalized spacial score (nSPS) is 16.1. The zero-order valence-corrected chi connectivity index (χ0v) is 19.3. The first-order valence-corrected chi connectivity index (χ1v) is 11.9. The van der Waals surface area contributed by atoms with Crippen LogP contribution in [0, 0.1) is 0 Å². The third-order valence-corrected chi connectivity index (χ3v) is 6.34. The molecule has 1 saturated heterocycles. The molecule has 0 N–H and O–H groups in total. The molecule has 0 aliphatic carbocycles. The van der Waals surface area contributed by atoms with Crippen LogP contribution in [-0.2, 0) is 6.54 Å². The Morgan fingerprint density at radius 1 is 0.765 bits per heavy atom. The van der Waals surface area contributed by atoms with Crippen LogP contribution in [0.5, 0.6) is 0 Å². The van der Waals surface area contributed by atoms with Gasteiger partial charge < -0.3 is 0 Å². The average Bonchev–Trinajstić information content (AvgIpc) is 3.34. The van der Waals surface area contributed by atoms with Crippen LogP contribution in [0.1, 0.15) is 28.6 Å². The van der Waals surface area contributed by atoms with Crippen molar-refractivity contribution in [3.05, 3.63) is 120 Å². The Labute approximate surface area is 201 Å². The van der Waals surface area contributed by atoms with E-state index >= 15 is 0 Å². The molecule has 0 bridgehead atoms. The first-order chi connectivity index (χ1) is 16.9. The molecule has 34 heavy (non-hydrogen) atoms. The molecule has 3 aromatic carbocycles. The summed E-state index contributed by atoms with van der Waals surface area (Å²) in [5.41, 5.74) is 3.66. The van der Waals surface area contributed by atoms with Gasteiger partial charge in [0.05, 0.1) is 12.6 Å². The smallest absolute Gasteiger partial charge is 0.173 e. The minimum absolute atomic E-state index is 0.0296. The van der Waals surface area contributed by atoms with Gasteiger partial charge in [-0.05, 0) is 27.1 Å². The van der Waals surface area contributed by atoms with Crippen molar-refractivity contribution in [2.45, 2.75) is 12.6 Å². The number of tetrazole rings is 1. The van der Waals surface area contributed by atoms with Crippen LogP contribution in [0.25, 0.3) is 6.08 Å². The molecule has 0 spiro atoms. The SMILES string of the molecule is C(=Cc1ccccc1)CN1CCN([C@H](c2ccccc2)c2nnnn2Cc2ccccc2)CC1. The van der Waals surface area contributed by atoms with Gasteiger partial charge in [0, 0.05) is 32.7 Å². The minimum Gasteiger partial charge on any atom is -0.297 e. The largest absolute Gasteiger partial charge is 0.297 e. The van der Waals surface area contributed by atoms with Gasteiger partial charge >= 0.3 is 0 Å².